The highest BCUT2D eigenvalue weighted by Crippen LogP contribution is 2.30. The van der Waals surface area contributed by atoms with Crippen LogP contribution < -0.4 is 9.83 Å². The van der Waals surface area contributed by atoms with Gasteiger partial charge in [0.25, 0.3) is 10.0 Å². The fourth-order valence-electron chi connectivity index (χ4n) is 2.00. The van der Waals surface area contributed by atoms with Crippen molar-refractivity contribution in [1.82, 2.24) is 8.75 Å². The number of nitrogens with one attached hydrogen (secondary N) is 1. The zero-order valence-corrected chi connectivity index (χ0v) is 15.5. The van der Waals surface area contributed by atoms with Gasteiger partial charge in [-0.3, -0.25) is 4.72 Å². The van der Waals surface area contributed by atoms with Gasteiger partial charge in [-0.25, -0.2) is 8.42 Å². The summed E-state index contributed by atoms with van der Waals surface area (Å²) in [6, 6.07) is 6.61. The van der Waals surface area contributed by atoms with Gasteiger partial charge in [-0.1, -0.05) is 11.6 Å². The van der Waals surface area contributed by atoms with Crippen LogP contribution in [0.5, 0.6) is 0 Å². The first-order valence-corrected chi connectivity index (χ1v) is 9.62. The number of rotatable bonds is 4. The van der Waals surface area contributed by atoms with Gasteiger partial charge in [0.05, 0.1) is 23.4 Å². The molecule has 2 aromatic carbocycles. The SMILES string of the molecule is O=C([O-])c1cc(Cl)ccc1NS(=O)(=O)c1ccc(Br)c2nsnc12. The second-order valence-electron chi connectivity index (χ2n) is 4.59. The number of aromatic nitrogens is 2. The smallest absolute Gasteiger partial charge is 0.264 e. The summed E-state index contributed by atoms with van der Waals surface area (Å²) >= 11 is 9.88. The maximum Gasteiger partial charge on any atom is 0.264 e. The van der Waals surface area contributed by atoms with Crippen LogP contribution in [0, 0.1) is 0 Å². The van der Waals surface area contributed by atoms with E-state index < -0.39 is 16.0 Å². The molecule has 0 fully saturated rings. The van der Waals surface area contributed by atoms with E-state index in [1.54, 1.807) is 0 Å². The Kier molecular flexibility index (Phi) is 4.47. The molecule has 3 rings (SSSR count). The minimum absolute atomic E-state index is 0.117. The van der Waals surface area contributed by atoms with Gasteiger partial charge in [-0.05, 0) is 46.3 Å². The van der Waals surface area contributed by atoms with E-state index in [-0.39, 0.29) is 26.7 Å². The number of hydrogen-bond acceptors (Lipinski definition) is 7. The number of carboxylic acids is 1. The highest BCUT2D eigenvalue weighted by atomic mass is 79.9. The summed E-state index contributed by atoms with van der Waals surface area (Å²) < 4.78 is 36.1. The Labute approximate surface area is 153 Å². The van der Waals surface area contributed by atoms with Crippen LogP contribution in [-0.2, 0) is 10.0 Å². The van der Waals surface area contributed by atoms with Gasteiger partial charge in [0.15, 0.2) is 0 Å². The maximum atomic E-state index is 12.6. The summed E-state index contributed by atoms with van der Waals surface area (Å²) in [5.74, 6) is -1.55. The predicted molar refractivity (Wildman–Crippen MR) is 91.7 cm³/mol. The standard InChI is InChI=1S/C13H7BrClN3O4S2/c14-8-2-4-10(12-11(8)16-23-17-12)24(21,22)18-9-3-1-6(15)5-7(9)13(19)20/h1-5,18H,(H,19,20)/p-1. The predicted octanol–water partition coefficient (Wildman–Crippen LogP) is 2.27. The van der Waals surface area contributed by atoms with Gasteiger partial charge < -0.3 is 9.90 Å². The molecule has 0 spiro atoms. The Hall–Kier alpha value is -1.75. The van der Waals surface area contributed by atoms with Gasteiger partial charge in [0.2, 0.25) is 0 Å². The quantitative estimate of drug-likeness (QED) is 0.656. The van der Waals surface area contributed by atoms with E-state index in [9.17, 15) is 18.3 Å². The van der Waals surface area contributed by atoms with Crippen molar-refractivity contribution in [3.8, 4) is 0 Å². The Morgan fingerprint density at radius 1 is 1.21 bits per heavy atom. The van der Waals surface area contributed by atoms with Crippen molar-refractivity contribution < 1.29 is 18.3 Å². The highest BCUT2D eigenvalue weighted by Gasteiger charge is 2.22. The normalized spacial score (nSPS) is 11.6. The summed E-state index contributed by atoms with van der Waals surface area (Å²) in [5.41, 5.74) is 0.0689. The molecule has 1 heterocycles. The molecule has 0 aliphatic heterocycles. The van der Waals surface area contributed by atoms with E-state index in [2.05, 4.69) is 29.4 Å². The number of nitrogens with zero attached hydrogens (tertiary/aromatic N) is 2. The van der Waals surface area contributed by atoms with E-state index >= 15 is 0 Å². The zero-order valence-electron chi connectivity index (χ0n) is 11.5. The molecule has 1 N–H and O–H groups in total. The second-order valence-corrected chi connectivity index (χ2v) is 8.06. The molecule has 0 saturated heterocycles. The van der Waals surface area contributed by atoms with Crippen molar-refractivity contribution >= 4 is 72.0 Å². The first kappa shape index (κ1) is 17.1. The lowest BCUT2D eigenvalue weighted by Crippen LogP contribution is -2.25. The lowest BCUT2D eigenvalue weighted by molar-refractivity contribution is -0.254. The van der Waals surface area contributed by atoms with Crippen LogP contribution in [0.1, 0.15) is 10.4 Å². The Bertz CT molecular complexity index is 1070. The fraction of sp³-hybridized carbons (Fsp3) is 0. The molecule has 0 amide bonds. The number of hydrogen-bond donors (Lipinski definition) is 1. The number of carbonyl (C=O) groups excluding carboxylic acids is 1. The van der Waals surface area contributed by atoms with Crippen molar-refractivity contribution in [2.45, 2.75) is 4.90 Å². The first-order chi connectivity index (χ1) is 11.3. The summed E-state index contributed by atoms with van der Waals surface area (Å²) in [5, 5.41) is 11.3. The molecule has 124 valence electrons. The summed E-state index contributed by atoms with van der Waals surface area (Å²) in [7, 11) is -4.10. The third kappa shape index (κ3) is 3.09. The monoisotopic (exact) mass is 446 g/mol. The number of aromatic carboxylic acids is 1. The summed E-state index contributed by atoms with van der Waals surface area (Å²) in [6.45, 7) is 0. The van der Waals surface area contributed by atoms with E-state index in [1.807, 2.05) is 0 Å². The van der Waals surface area contributed by atoms with Crippen molar-refractivity contribution in [3.05, 3.63) is 45.4 Å². The molecule has 0 aliphatic rings. The third-order valence-electron chi connectivity index (χ3n) is 3.06. The lowest BCUT2D eigenvalue weighted by atomic mass is 10.2. The molecule has 7 nitrogen and oxygen atoms in total. The number of carboxylic acid groups (broad SMARTS) is 1. The van der Waals surface area contributed by atoms with Gasteiger partial charge in [0, 0.05) is 15.1 Å². The number of anilines is 1. The van der Waals surface area contributed by atoms with Gasteiger partial charge in [0.1, 0.15) is 15.9 Å². The van der Waals surface area contributed by atoms with E-state index in [1.165, 1.54) is 24.3 Å². The van der Waals surface area contributed by atoms with Crippen LogP contribution in [-0.4, -0.2) is 23.1 Å². The molecule has 0 saturated carbocycles. The molecule has 24 heavy (non-hydrogen) atoms. The van der Waals surface area contributed by atoms with Crippen LogP contribution in [0.4, 0.5) is 5.69 Å². The number of fused-ring (bicyclic) bond motifs is 1. The van der Waals surface area contributed by atoms with E-state index in [0.29, 0.717) is 9.99 Å². The number of halogens is 2. The van der Waals surface area contributed by atoms with Crippen LogP contribution in [0.3, 0.4) is 0 Å². The van der Waals surface area contributed by atoms with Crippen LogP contribution in [0.15, 0.2) is 39.7 Å². The fourth-order valence-corrected chi connectivity index (χ4v) is 4.56. The molecule has 0 bridgehead atoms. The van der Waals surface area contributed by atoms with E-state index in [0.717, 1.165) is 17.8 Å². The van der Waals surface area contributed by atoms with Crippen molar-refractivity contribution in [2.24, 2.45) is 0 Å². The van der Waals surface area contributed by atoms with Gasteiger partial charge in [-0.15, -0.1) is 0 Å². The van der Waals surface area contributed by atoms with E-state index in [4.69, 9.17) is 11.6 Å². The van der Waals surface area contributed by atoms with Gasteiger partial charge >= 0.3 is 0 Å². The summed E-state index contributed by atoms with van der Waals surface area (Å²) in [4.78, 5) is 11.1. The number of benzene rings is 2. The molecule has 0 atom stereocenters. The van der Waals surface area contributed by atoms with Crippen LogP contribution >= 0.6 is 39.3 Å². The average Bonchev–Trinajstić information content (AvgIpc) is 2.99. The van der Waals surface area contributed by atoms with Crippen LogP contribution in [0.25, 0.3) is 11.0 Å². The number of sulfonamides is 1. The molecule has 0 aliphatic carbocycles. The first-order valence-electron chi connectivity index (χ1n) is 6.24. The van der Waals surface area contributed by atoms with Crippen molar-refractivity contribution in [2.75, 3.05) is 4.72 Å². The Morgan fingerprint density at radius 3 is 2.62 bits per heavy atom. The highest BCUT2D eigenvalue weighted by molar-refractivity contribution is 9.10. The summed E-state index contributed by atoms with van der Waals surface area (Å²) in [6.07, 6.45) is 0. The molecular weight excluding hydrogens is 442 g/mol. The average molecular weight is 448 g/mol. The molecule has 1 aromatic heterocycles. The largest absolute Gasteiger partial charge is 0.545 e. The maximum absolute atomic E-state index is 12.6. The Balaban J connectivity index is 2.11. The second kappa shape index (κ2) is 6.28. The van der Waals surface area contributed by atoms with Gasteiger partial charge in [-0.2, -0.15) is 8.75 Å². The molecule has 0 radical (unpaired) electrons. The molecule has 11 heteroatoms. The molecule has 3 aromatic rings. The van der Waals surface area contributed by atoms with Crippen molar-refractivity contribution in [3.63, 3.8) is 0 Å². The zero-order chi connectivity index (χ0) is 17.5. The topological polar surface area (TPSA) is 112 Å². The number of carbonyl (C=O) groups is 1. The minimum atomic E-state index is -4.10. The Morgan fingerprint density at radius 2 is 1.92 bits per heavy atom. The lowest BCUT2D eigenvalue weighted by Gasteiger charge is -2.14. The van der Waals surface area contributed by atoms with Crippen LogP contribution in [0.2, 0.25) is 5.02 Å². The molecular formula is C13H6BrClN3O4S2-. The van der Waals surface area contributed by atoms with Crippen molar-refractivity contribution in [1.29, 1.82) is 0 Å². The molecule has 0 unspecified atom stereocenters. The third-order valence-corrected chi connectivity index (χ3v) is 5.87. The minimum Gasteiger partial charge on any atom is -0.545 e.